The first-order valence-electron chi connectivity index (χ1n) is 4.81. The first-order valence-corrected chi connectivity index (χ1v) is 5.69. The van der Waals surface area contributed by atoms with Crippen molar-refractivity contribution in [1.82, 2.24) is 0 Å². The zero-order valence-corrected chi connectivity index (χ0v) is 9.66. The molecule has 0 aliphatic rings. The number of thiophene rings is 1. The fraction of sp³-hybridized carbons (Fsp3) is 0.636. The summed E-state index contributed by atoms with van der Waals surface area (Å²) in [6.45, 7) is 10.7. The minimum atomic E-state index is 0.699. The Bertz CT molecular complexity index is 199. The average Bonchev–Trinajstić information content (AvgIpc) is 2.55. The average molecular weight is 184 g/mol. The Morgan fingerprint density at radius 3 is 2.17 bits per heavy atom. The molecule has 1 heterocycles. The predicted octanol–water partition coefficient (Wildman–Crippen LogP) is 4.46. The maximum atomic E-state index is 2.31. The van der Waals surface area contributed by atoms with Crippen molar-refractivity contribution >= 4 is 11.3 Å². The van der Waals surface area contributed by atoms with E-state index in [1.165, 1.54) is 16.9 Å². The van der Waals surface area contributed by atoms with Crippen LogP contribution in [-0.4, -0.2) is 0 Å². The molecule has 1 aromatic heterocycles. The van der Waals surface area contributed by atoms with Gasteiger partial charge >= 0.3 is 0 Å². The summed E-state index contributed by atoms with van der Waals surface area (Å²) in [5, 5.41) is 2.26. The SMILES string of the molecule is CC.CCc1csc(C(C)C)c1. The summed E-state index contributed by atoms with van der Waals surface area (Å²) in [4.78, 5) is 1.51. The molecule has 0 N–H and O–H groups in total. The molecule has 1 rings (SSSR count). The summed E-state index contributed by atoms with van der Waals surface area (Å²) in [5.41, 5.74) is 1.48. The van der Waals surface area contributed by atoms with Crippen molar-refractivity contribution in [1.29, 1.82) is 0 Å². The van der Waals surface area contributed by atoms with E-state index >= 15 is 0 Å². The summed E-state index contributed by atoms with van der Waals surface area (Å²) in [6.07, 6.45) is 1.17. The molecule has 0 aliphatic carbocycles. The zero-order valence-electron chi connectivity index (χ0n) is 8.85. The van der Waals surface area contributed by atoms with Crippen molar-refractivity contribution < 1.29 is 0 Å². The molecule has 0 radical (unpaired) electrons. The van der Waals surface area contributed by atoms with Crippen LogP contribution in [0.3, 0.4) is 0 Å². The van der Waals surface area contributed by atoms with Gasteiger partial charge in [-0.3, -0.25) is 0 Å². The van der Waals surface area contributed by atoms with Crippen molar-refractivity contribution in [2.24, 2.45) is 0 Å². The topological polar surface area (TPSA) is 0 Å². The van der Waals surface area contributed by atoms with Gasteiger partial charge in [0, 0.05) is 4.88 Å². The van der Waals surface area contributed by atoms with Gasteiger partial charge in [0.2, 0.25) is 0 Å². The second kappa shape index (κ2) is 6.24. The molecule has 0 nitrogen and oxygen atoms in total. The van der Waals surface area contributed by atoms with E-state index in [4.69, 9.17) is 0 Å². The Morgan fingerprint density at radius 2 is 1.92 bits per heavy atom. The van der Waals surface area contributed by atoms with Crippen LogP contribution in [0.5, 0.6) is 0 Å². The minimum Gasteiger partial charge on any atom is -0.148 e. The van der Waals surface area contributed by atoms with Crippen LogP contribution < -0.4 is 0 Å². The van der Waals surface area contributed by atoms with E-state index in [1.54, 1.807) is 0 Å². The van der Waals surface area contributed by atoms with Crippen LogP contribution in [0.25, 0.3) is 0 Å². The van der Waals surface area contributed by atoms with Crippen molar-refractivity contribution in [3.63, 3.8) is 0 Å². The highest BCUT2D eigenvalue weighted by Crippen LogP contribution is 2.22. The fourth-order valence-corrected chi connectivity index (χ4v) is 1.90. The Morgan fingerprint density at radius 1 is 1.33 bits per heavy atom. The van der Waals surface area contributed by atoms with E-state index in [0.29, 0.717) is 5.92 Å². The second-order valence-corrected chi connectivity index (χ2v) is 3.81. The summed E-state index contributed by atoms with van der Waals surface area (Å²) in [6, 6.07) is 2.31. The molecule has 0 saturated heterocycles. The molecular formula is C11H20S. The third kappa shape index (κ3) is 3.40. The Hall–Kier alpha value is -0.300. The molecule has 0 aromatic carbocycles. The lowest BCUT2D eigenvalue weighted by Gasteiger charge is -1.96. The van der Waals surface area contributed by atoms with Gasteiger partial charge in [-0.1, -0.05) is 34.6 Å². The molecule has 0 unspecified atom stereocenters. The molecule has 0 bridgehead atoms. The van der Waals surface area contributed by atoms with Crippen molar-refractivity contribution in [3.05, 3.63) is 21.9 Å². The largest absolute Gasteiger partial charge is 0.148 e. The number of hydrogen-bond donors (Lipinski definition) is 0. The number of hydrogen-bond acceptors (Lipinski definition) is 1. The van der Waals surface area contributed by atoms with Crippen LogP contribution >= 0.6 is 11.3 Å². The van der Waals surface area contributed by atoms with Crippen molar-refractivity contribution in [2.75, 3.05) is 0 Å². The molecular weight excluding hydrogens is 164 g/mol. The molecule has 0 saturated carbocycles. The van der Waals surface area contributed by atoms with Crippen molar-refractivity contribution in [2.45, 2.75) is 47.0 Å². The van der Waals surface area contributed by atoms with Gasteiger partial charge in [0.1, 0.15) is 0 Å². The number of rotatable bonds is 2. The summed E-state index contributed by atoms with van der Waals surface area (Å²) < 4.78 is 0. The van der Waals surface area contributed by atoms with Gasteiger partial charge in [0.25, 0.3) is 0 Å². The maximum absolute atomic E-state index is 2.31. The number of aryl methyl sites for hydroxylation is 1. The lowest BCUT2D eigenvalue weighted by atomic mass is 10.1. The van der Waals surface area contributed by atoms with Gasteiger partial charge in [-0.15, -0.1) is 11.3 Å². The predicted molar refractivity (Wildman–Crippen MR) is 59.1 cm³/mol. The Balaban J connectivity index is 0.000000561. The zero-order chi connectivity index (χ0) is 9.56. The highest BCUT2D eigenvalue weighted by Gasteiger charge is 2.01. The van der Waals surface area contributed by atoms with E-state index in [9.17, 15) is 0 Å². The Kier molecular flexibility index (Phi) is 6.09. The van der Waals surface area contributed by atoms with Crippen LogP contribution in [0.1, 0.15) is 51.0 Å². The van der Waals surface area contributed by atoms with Gasteiger partial charge < -0.3 is 0 Å². The Labute approximate surface area is 80.6 Å². The second-order valence-electron chi connectivity index (χ2n) is 2.87. The van der Waals surface area contributed by atoms with E-state index < -0.39 is 0 Å². The first kappa shape index (κ1) is 11.7. The highest BCUT2D eigenvalue weighted by atomic mass is 32.1. The lowest BCUT2D eigenvalue weighted by Crippen LogP contribution is -1.79. The van der Waals surface area contributed by atoms with Crippen LogP contribution in [0, 0.1) is 0 Å². The quantitative estimate of drug-likeness (QED) is 0.636. The van der Waals surface area contributed by atoms with Gasteiger partial charge in [0.05, 0.1) is 0 Å². The molecule has 12 heavy (non-hydrogen) atoms. The van der Waals surface area contributed by atoms with E-state index in [-0.39, 0.29) is 0 Å². The summed E-state index contributed by atoms with van der Waals surface area (Å²) >= 11 is 1.88. The third-order valence-corrected chi connectivity index (χ3v) is 2.93. The van der Waals surface area contributed by atoms with Gasteiger partial charge in [-0.25, -0.2) is 0 Å². The lowest BCUT2D eigenvalue weighted by molar-refractivity contribution is 0.887. The van der Waals surface area contributed by atoms with Gasteiger partial charge in [-0.05, 0) is 29.3 Å². The monoisotopic (exact) mass is 184 g/mol. The summed E-state index contributed by atoms with van der Waals surface area (Å²) in [7, 11) is 0. The van der Waals surface area contributed by atoms with E-state index in [2.05, 4.69) is 32.2 Å². The van der Waals surface area contributed by atoms with Crippen LogP contribution in [-0.2, 0) is 6.42 Å². The van der Waals surface area contributed by atoms with Crippen molar-refractivity contribution in [3.8, 4) is 0 Å². The first-order chi connectivity index (χ1) is 5.74. The molecule has 0 fully saturated rings. The van der Waals surface area contributed by atoms with E-state index in [0.717, 1.165) is 0 Å². The van der Waals surface area contributed by atoms with Crippen LogP contribution in [0.2, 0.25) is 0 Å². The fourth-order valence-electron chi connectivity index (χ4n) is 0.883. The van der Waals surface area contributed by atoms with Gasteiger partial charge in [0.15, 0.2) is 0 Å². The summed E-state index contributed by atoms with van der Waals surface area (Å²) in [5.74, 6) is 0.699. The molecule has 0 spiro atoms. The molecule has 0 amide bonds. The highest BCUT2D eigenvalue weighted by molar-refractivity contribution is 7.10. The van der Waals surface area contributed by atoms with Crippen LogP contribution in [0.4, 0.5) is 0 Å². The molecule has 0 aliphatic heterocycles. The smallest absolute Gasteiger partial charge is 0.00735 e. The molecule has 0 atom stereocenters. The van der Waals surface area contributed by atoms with Gasteiger partial charge in [-0.2, -0.15) is 0 Å². The van der Waals surface area contributed by atoms with E-state index in [1.807, 2.05) is 25.2 Å². The normalized spacial score (nSPS) is 9.50. The third-order valence-electron chi connectivity index (χ3n) is 1.65. The molecule has 70 valence electrons. The minimum absolute atomic E-state index is 0.699. The maximum Gasteiger partial charge on any atom is 0.00735 e. The van der Waals surface area contributed by atoms with Crippen LogP contribution in [0.15, 0.2) is 11.4 Å². The standard InChI is InChI=1S/C9H14S.C2H6/c1-4-8-5-9(7(2)3)10-6-8;1-2/h5-7H,4H2,1-3H3;1-2H3. The molecule has 1 heteroatoms. The molecule has 1 aromatic rings.